The van der Waals surface area contributed by atoms with Crippen LogP contribution in [0, 0.1) is 11.6 Å². The van der Waals surface area contributed by atoms with E-state index in [2.05, 4.69) is 0 Å². The van der Waals surface area contributed by atoms with E-state index in [1.165, 1.54) is 17.8 Å². The summed E-state index contributed by atoms with van der Waals surface area (Å²) in [5, 5.41) is 0. The third kappa shape index (κ3) is 5.02. The highest BCUT2D eigenvalue weighted by molar-refractivity contribution is 7.99. The van der Waals surface area contributed by atoms with Gasteiger partial charge in [-0.15, -0.1) is 11.8 Å². The van der Waals surface area contributed by atoms with Crippen molar-refractivity contribution in [1.82, 2.24) is 0 Å². The van der Waals surface area contributed by atoms with Gasteiger partial charge in [0.1, 0.15) is 17.4 Å². The molecule has 5 heteroatoms. The first-order valence-electron chi connectivity index (χ1n) is 6.68. The normalized spacial score (nSPS) is 10.6. The maximum Gasteiger partial charge on any atom is 0.136 e. The van der Waals surface area contributed by atoms with E-state index in [0.717, 1.165) is 29.9 Å². The summed E-state index contributed by atoms with van der Waals surface area (Å²) in [6, 6.07) is 11.1. The second-order valence-electron chi connectivity index (χ2n) is 4.48. The van der Waals surface area contributed by atoms with E-state index in [9.17, 15) is 8.78 Å². The number of hydrogen-bond donors (Lipinski definition) is 1. The van der Waals surface area contributed by atoms with Crippen LogP contribution in [-0.4, -0.2) is 12.4 Å². The van der Waals surface area contributed by atoms with Gasteiger partial charge in [-0.05, 0) is 42.3 Å². The summed E-state index contributed by atoms with van der Waals surface area (Å²) in [6.07, 6.45) is 0.744. The van der Waals surface area contributed by atoms with Crippen LogP contribution >= 0.6 is 11.8 Å². The Morgan fingerprint density at radius 2 is 1.95 bits per heavy atom. The summed E-state index contributed by atoms with van der Waals surface area (Å²) in [6.45, 7) is 1.00. The Labute approximate surface area is 127 Å². The van der Waals surface area contributed by atoms with Crippen LogP contribution < -0.4 is 10.5 Å². The summed E-state index contributed by atoms with van der Waals surface area (Å²) in [5.41, 5.74) is 6.58. The molecule has 2 aromatic carbocycles. The molecule has 2 N–H and O–H groups in total. The molecule has 0 aliphatic rings. The fourth-order valence-corrected chi connectivity index (χ4v) is 2.67. The lowest BCUT2D eigenvalue weighted by Crippen LogP contribution is -2.01. The SMILES string of the molecule is NCc1cccc(OCCCSc2cc(F)ccc2F)c1. The van der Waals surface area contributed by atoms with E-state index < -0.39 is 11.6 Å². The number of ether oxygens (including phenoxy) is 1. The smallest absolute Gasteiger partial charge is 0.136 e. The third-order valence-electron chi connectivity index (χ3n) is 2.84. The number of rotatable bonds is 7. The van der Waals surface area contributed by atoms with Gasteiger partial charge in [-0.2, -0.15) is 0 Å². The van der Waals surface area contributed by atoms with Crippen LogP contribution in [0.15, 0.2) is 47.4 Å². The van der Waals surface area contributed by atoms with Gasteiger partial charge in [0.15, 0.2) is 0 Å². The van der Waals surface area contributed by atoms with Crippen LogP contribution in [0.1, 0.15) is 12.0 Å². The van der Waals surface area contributed by atoms with Crippen molar-refractivity contribution in [3.05, 3.63) is 59.7 Å². The summed E-state index contributed by atoms with van der Waals surface area (Å²) in [5.74, 6) is 0.628. The van der Waals surface area contributed by atoms with Crippen LogP contribution in [0.25, 0.3) is 0 Å². The molecule has 2 rings (SSSR count). The maximum absolute atomic E-state index is 13.4. The Morgan fingerprint density at radius 1 is 1.10 bits per heavy atom. The number of thioether (sulfide) groups is 1. The quantitative estimate of drug-likeness (QED) is 0.620. The van der Waals surface area contributed by atoms with Gasteiger partial charge in [0.2, 0.25) is 0 Å². The topological polar surface area (TPSA) is 35.2 Å². The van der Waals surface area contributed by atoms with Crippen LogP contribution in [0.2, 0.25) is 0 Å². The first-order chi connectivity index (χ1) is 10.2. The largest absolute Gasteiger partial charge is 0.494 e. The van der Waals surface area contributed by atoms with Crippen LogP contribution in [0.4, 0.5) is 8.78 Å². The molecule has 0 heterocycles. The average Bonchev–Trinajstić information content (AvgIpc) is 2.50. The number of benzene rings is 2. The van der Waals surface area contributed by atoms with Gasteiger partial charge >= 0.3 is 0 Å². The van der Waals surface area contributed by atoms with Crippen molar-refractivity contribution in [2.45, 2.75) is 17.9 Å². The molecular formula is C16H17F2NOS. The molecule has 2 nitrogen and oxygen atoms in total. The highest BCUT2D eigenvalue weighted by atomic mass is 32.2. The molecule has 0 unspecified atom stereocenters. The maximum atomic E-state index is 13.4. The van der Waals surface area contributed by atoms with Gasteiger partial charge in [-0.3, -0.25) is 0 Å². The van der Waals surface area contributed by atoms with E-state index in [0.29, 0.717) is 23.8 Å². The molecule has 0 atom stereocenters. The molecule has 0 aliphatic heterocycles. The zero-order valence-corrected chi connectivity index (χ0v) is 12.3. The van der Waals surface area contributed by atoms with Crippen molar-refractivity contribution in [2.75, 3.05) is 12.4 Å². The zero-order valence-electron chi connectivity index (χ0n) is 11.5. The van der Waals surface area contributed by atoms with Gasteiger partial charge in [0, 0.05) is 17.2 Å². The predicted octanol–water partition coefficient (Wildman–Crippen LogP) is 3.98. The Bertz CT molecular complexity index is 592. The van der Waals surface area contributed by atoms with Crippen molar-refractivity contribution < 1.29 is 13.5 Å². The molecular weight excluding hydrogens is 292 g/mol. The first-order valence-corrected chi connectivity index (χ1v) is 7.67. The molecule has 0 aliphatic carbocycles. The molecule has 21 heavy (non-hydrogen) atoms. The standard InChI is InChI=1S/C16H17F2NOS/c17-13-5-6-15(18)16(10-13)21-8-2-7-20-14-4-1-3-12(9-14)11-19/h1,3-6,9-10H,2,7-8,11,19H2. The molecule has 0 fully saturated rings. The van der Waals surface area contributed by atoms with Gasteiger partial charge in [0.05, 0.1) is 6.61 Å². The molecule has 0 bridgehead atoms. The minimum absolute atomic E-state index is 0.333. The van der Waals surface area contributed by atoms with Crippen LogP contribution in [0.3, 0.4) is 0 Å². The second kappa shape index (κ2) is 8.00. The highest BCUT2D eigenvalue weighted by Gasteiger charge is 2.04. The molecule has 0 amide bonds. The second-order valence-corrected chi connectivity index (χ2v) is 5.61. The Hall–Kier alpha value is -1.59. The molecule has 0 spiro atoms. The predicted molar refractivity (Wildman–Crippen MR) is 81.5 cm³/mol. The zero-order chi connectivity index (χ0) is 15.1. The molecule has 112 valence electrons. The Balaban J connectivity index is 1.73. The van der Waals surface area contributed by atoms with E-state index >= 15 is 0 Å². The fraction of sp³-hybridized carbons (Fsp3) is 0.250. The van der Waals surface area contributed by atoms with Crippen molar-refractivity contribution in [3.63, 3.8) is 0 Å². The average molecular weight is 309 g/mol. The minimum Gasteiger partial charge on any atom is -0.494 e. The molecule has 2 aromatic rings. The van der Waals surface area contributed by atoms with Crippen molar-refractivity contribution in [2.24, 2.45) is 5.73 Å². The Morgan fingerprint density at radius 3 is 2.76 bits per heavy atom. The third-order valence-corrected chi connectivity index (χ3v) is 3.96. The Kier molecular flexibility index (Phi) is 6.02. The monoisotopic (exact) mass is 309 g/mol. The molecule has 0 saturated heterocycles. The van der Waals surface area contributed by atoms with E-state index in [1.807, 2.05) is 24.3 Å². The van der Waals surface area contributed by atoms with Gasteiger partial charge in [-0.1, -0.05) is 12.1 Å². The number of nitrogens with two attached hydrogens (primary N) is 1. The van der Waals surface area contributed by atoms with Crippen molar-refractivity contribution >= 4 is 11.8 Å². The van der Waals surface area contributed by atoms with Gasteiger partial charge in [-0.25, -0.2) is 8.78 Å². The molecule has 0 saturated carbocycles. The van der Waals surface area contributed by atoms with Crippen molar-refractivity contribution in [3.8, 4) is 5.75 Å². The first kappa shape index (κ1) is 15.8. The fourth-order valence-electron chi connectivity index (χ4n) is 1.78. The van der Waals surface area contributed by atoms with Crippen LogP contribution in [-0.2, 0) is 6.54 Å². The number of halogens is 2. The summed E-state index contributed by atoms with van der Waals surface area (Å²) < 4.78 is 32.0. The number of hydrogen-bond acceptors (Lipinski definition) is 3. The van der Waals surface area contributed by atoms with Gasteiger partial charge in [0.25, 0.3) is 0 Å². The van der Waals surface area contributed by atoms with Gasteiger partial charge < -0.3 is 10.5 Å². The van der Waals surface area contributed by atoms with E-state index in [1.54, 1.807) is 0 Å². The lowest BCUT2D eigenvalue weighted by atomic mass is 10.2. The van der Waals surface area contributed by atoms with E-state index in [-0.39, 0.29) is 0 Å². The van der Waals surface area contributed by atoms with Crippen molar-refractivity contribution in [1.29, 1.82) is 0 Å². The summed E-state index contributed by atoms with van der Waals surface area (Å²) >= 11 is 1.29. The highest BCUT2D eigenvalue weighted by Crippen LogP contribution is 2.23. The molecule has 0 radical (unpaired) electrons. The minimum atomic E-state index is -0.422. The lowest BCUT2D eigenvalue weighted by Gasteiger charge is -2.07. The molecule has 0 aromatic heterocycles. The summed E-state index contributed by atoms with van der Waals surface area (Å²) in [4.78, 5) is 0.333. The lowest BCUT2D eigenvalue weighted by molar-refractivity contribution is 0.318. The summed E-state index contributed by atoms with van der Waals surface area (Å²) in [7, 11) is 0. The van der Waals surface area contributed by atoms with E-state index in [4.69, 9.17) is 10.5 Å². The van der Waals surface area contributed by atoms with Crippen LogP contribution in [0.5, 0.6) is 5.75 Å².